The quantitative estimate of drug-likeness (QED) is 0.607. The molecular formula is C10H20O. The summed E-state index contributed by atoms with van der Waals surface area (Å²) in [6, 6.07) is 0. The second-order valence-corrected chi connectivity index (χ2v) is 3.29. The van der Waals surface area contributed by atoms with Crippen molar-refractivity contribution < 1.29 is 5.11 Å². The van der Waals surface area contributed by atoms with Gasteiger partial charge in [0.15, 0.2) is 0 Å². The van der Waals surface area contributed by atoms with E-state index in [1.807, 2.05) is 0 Å². The van der Waals surface area contributed by atoms with E-state index < -0.39 is 0 Å². The Kier molecular flexibility index (Phi) is 6.24. The zero-order valence-electron chi connectivity index (χ0n) is 7.93. The van der Waals surface area contributed by atoms with Gasteiger partial charge in [0.05, 0.1) is 0 Å². The molecule has 1 atom stereocenters. The van der Waals surface area contributed by atoms with E-state index in [1.54, 1.807) is 0 Å². The Morgan fingerprint density at radius 1 is 1.45 bits per heavy atom. The third-order valence-electron chi connectivity index (χ3n) is 2.15. The highest BCUT2D eigenvalue weighted by Gasteiger charge is 2.00. The number of allylic oxidation sites excluding steroid dienone is 2. The van der Waals surface area contributed by atoms with E-state index in [0.29, 0.717) is 12.5 Å². The van der Waals surface area contributed by atoms with Gasteiger partial charge in [0.1, 0.15) is 0 Å². The standard InChI is InChI=1S/C10H20O/c1-4-9(2)5-6-10(3)7-8-11/h4,10-11H,5-8H2,1-3H3/b9-4-. The van der Waals surface area contributed by atoms with Crippen LogP contribution in [0.1, 0.15) is 40.0 Å². The van der Waals surface area contributed by atoms with Gasteiger partial charge in [-0.3, -0.25) is 0 Å². The third kappa shape index (κ3) is 6.11. The predicted octanol–water partition coefficient (Wildman–Crippen LogP) is 2.75. The molecule has 0 saturated heterocycles. The summed E-state index contributed by atoms with van der Waals surface area (Å²) in [5.41, 5.74) is 1.45. The monoisotopic (exact) mass is 156 g/mol. The molecule has 1 heteroatoms. The van der Waals surface area contributed by atoms with Gasteiger partial charge in [-0.2, -0.15) is 0 Å². The fraction of sp³-hybridized carbons (Fsp3) is 0.800. The molecule has 0 radical (unpaired) electrons. The van der Waals surface area contributed by atoms with Crippen molar-refractivity contribution in [1.82, 2.24) is 0 Å². The summed E-state index contributed by atoms with van der Waals surface area (Å²) in [6.45, 7) is 6.76. The maximum atomic E-state index is 8.64. The van der Waals surface area contributed by atoms with Gasteiger partial charge in [0, 0.05) is 6.61 Å². The lowest BCUT2D eigenvalue weighted by atomic mass is 9.99. The van der Waals surface area contributed by atoms with Crippen molar-refractivity contribution >= 4 is 0 Å². The minimum absolute atomic E-state index is 0.329. The van der Waals surface area contributed by atoms with Crippen molar-refractivity contribution in [1.29, 1.82) is 0 Å². The summed E-state index contributed by atoms with van der Waals surface area (Å²) in [4.78, 5) is 0. The first-order valence-corrected chi connectivity index (χ1v) is 4.43. The minimum Gasteiger partial charge on any atom is -0.396 e. The summed E-state index contributed by atoms with van der Waals surface area (Å²) in [5.74, 6) is 0.662. The molecule has 0 bridgehead atoms. The van der Waals surface area contributed by atoms with Crippen LogP contribution in [0.3, 0.4) is 0 Å². The highest BCUT2D eigenvalue weighted by atomic mass is 16.2. The average molecular weight is 156 g/mol. The molecular weight excluding hydrogens is 136 g/mol. The SMILES string of the molecule is C/C=C(/C)CCC(C)CCO. The summed E-state index contributed by atoms with van der Waals surface area (Å²) < 4.78 is 0. The second-order valence-electron chi connectivity index (χ2n) is 3.29. The molecule has 1 nitrogen and oxygen atoms in total. The van der Waals surface area contributed by atoms with Gasteiger partial charge in [-0.05, 0) is 39.0 Å². The van der Waals surface area contributed by atoms with Crippen LogP contribution in [0.25, 0.3) is 0 Å². The van der Waals surface area contributed by atoms with Gasteiger partial charge in [0.25, 0.3) is 0 Å². The molecule has 0 aliphatic carbocycles. The summed E-state index contributed by atoms with van der Waals surface area (Å²) in [6.07, 6.45) is 5.48. The lowest BCUT2D eigenvalue weighted by Crippen LogP contribution is -1.97. The lowest BCUT2D eigenvalue weighted by Gasteiger charge is -2.08. The summed E-state index contributed by atoms with van der Waals surface area (Å²) in [5, 5.41) is 8.64. The molecule has 1 unspecified atom stereocenters. The van der Waals surface area contributed by atoms with Crippen molar-refractivity contribution in [2.75, 3.05) is 6.61 Å². The zero-order valence-corrected chi connectivity index (χ0v) is 7.93. The molecule has 0 rings (SSSR count). The van der Waals surface area contributed by atoms with Crippen molar-refractivity contribution in [3.05, 3.63) is 11.6 Å². The Morgan fingerprint density at radius 2 is 2.09 bits per heavy atom. The largest absolute Gasteiger partial charge is 0.396 e. The number of aliphatic hydroxyl groups is 1. The van der Waals surface area contributed by atoms with E-state index in [9.17, 15) is 0 Å². The van der Waals surface area contributed by atoms with Gasteiger partial charge >= 0.3 is 0 Å². The molecule has 0 amide bonds. The van der Waals surface area contributed by atoms with Crippen LogP contribution in [-0.4, -0.2) is 11.7 Å². The molecule has 1 N–H and O–H groups in total. The van der Waals surface area contributed by atoms with Crippen molar-refractivity contribution in [2.45, 2.75) is 40.0 Å². The maximum Gasteiger partial charge on any atom is 0.0433 e. The van der Waals surface area contributed by atoms with Gasteiger partial charge < -0.3 is 5.11 Å². The number of aliphatic hydroxyl groups excluding tert-OH is 1. The lowest BCUT2D eigenvalue weighted by molar-refractivity contribution is 0.258. The Bertz CT molecular complexity index is 116. The van der Waals surface area contributed by atoms with Crippen molar-refractivity contribution in [2.24, 2.45) is 5.92 Å². The molecule has 0 aliphatic heterocycles. The van der Waals surface area contributed by atoms with E-state index in [1.165, 1.54) is 18.4 Å². The van der Waals surface area contributed by atoms with Crippen LogP contribution < -0.4 is 0 Å². The molecule has 0 heterocycles. The fourth-order valence-corrected chi connectivity index (χ4v) is 0.983. The van der Waals surface area contributed by atoms with Gasteiger partial charge in [-0.1, -0.05) is 18.6 Å². The van der Waals surface area contributed by atoms with E-state index in [2.05, 4.69) is 26.8 Å². The molecule has 0 aromatic carbocycles. The second kappa shape index (κ2) is 6.41. The first-order chi connectivity index (χ1) is 5.20. The van der Waals surface area contributed by atoms with Crippen LogP contribution in [0.4, 0.5) is 0 Å². The topological polar surface area (TPSA) is 20.2 Å². The molecule has 0 fully saturated rings. The zero-order chi connectivity index (χ0) is 8.69. The Labute approximate surface area is 70.1 Å². The van der Waals surface area contributed by atoms with Crippen LogP contribution in [0.2, 0.25) is 0 Å². The van der Waals surface area contributed by atoms with E-state index in [-0.39, 0.29) is 0 Å². The van der Waals surface area contributed by atoms with E-state index >= 15 is 0 Å². The average Bonchev–Trinajstić information content (AvgIpc) is 2.01. The van der Waals surface area contributed by atoms with E-state index in [0.717, 1.165) is 6.42 Å². The van der Waals surface area contributed by atoms with Crippen LogP contribution in [0.5, 0.6) is 0 Å². The van der Waals surface area contributed by atoms with E-state index in [4.69, 9.17) is 5.11 Å². The molecule has 0 saturated carbocycles. The number of rotatable bonds is 5. The van der Waals surface area contributed by atoms with Gasteiger partial charge in [0.2, 0.25) is 0 Å². The summed E-state index contributed by atoms with van der Waals surface area (Å²) in [7, 11) is 0. The minimum atomic E-state index is 0.329. The smallest absolute Gasteiger partial charge is 0.0433 e. The molecule has 0 aromatic rings. The van der Waals surface area contributed by atoms with Crippen LogP contribution >= 0.6 is 0 Å². The van der Waals surface area contributed by atoms with Crippen LogP contribution in [0.15, 0.2) is 11.6 Å². The Morgan fingerprint density at radius 3 is 2.55 bits per heavy atom. The van der Waals surface area contributed by atoms with Crippen LogP contribution in [0, 0.1) is 5.92 Å². The molecule has 66 valence electrons. The predicted molar refractivity (Wildman–Crippen MR) is 49.5 cm³/mol. The molecule has 0 aromatic heterocycles. The summed E-state index contributed by atoms with van der Waals surface area (Å²) >= 11 is 0. The first kappa shape index (κ1) is 10.7. The first-order valence-electron chi connectivity index (χ1n) is 4.43. The van der Waals surface area contributed by atoms with Gasteiger partial charge in [-0.25, -0.2) is 0 Å². The maximum absolute atomic E-state index is 8.64. The Hall–Kier alpha value is -0.300. The Balaban J connectivity index is 3.37. The normalized spacial score (nSPS) is 15.1. The highest BCUT2D eigenvalue weighted by molar-refractivity contribution is 4.95. The van der Waals surface area contributed by atoms with Crippen molar-refractivity contribution in [3.8, 4) is 0 Å². The molecule has 11 heavy (non-hydrogen) atoms. The van der Waals surface area contributed by atoms with Gasteiger partial charge in [-0.15, -0.1) is 0 Å². The number of hydrogen-bond donors (Lipinski definition) is 1. The number of hydrogen-bond acceptors (Lipinski definition) is 1. The molecule has 0 aliphatic rings. The molecule has 0 spiro atoms. The fourth-order valence-electron chi connectivity index (χ4n) is 0.983. The van der Waals surface area contributed by atoms with Crippen LogP contribution in [-0.2, 0) is 0 Å². The highest BCUT2D eigenvalue weighted by Crippen LogP contribution is 2.13. The van der Waals surface area contributed by atoms with Crippen molar-refractivity contribution in [3.63, 3.8) is 0 Å². The third-order valence-corrected chi connectivity index (χ3v) is 2.15.